The topological polar surface area (TPSA) is 79.8 Å². The number of carbonyl (C=O) groups is 2. The number of benzene rings is 2. The first-order valence-corrected chi connectivity index (χ1v) is 11.4. The second-order valence-electron chi connectivity index (χ2n) is 8.25. The molecule has 1 aliphatic carbocycles. The molecule has 2 aromatic rings. The van der Waals surface area contributed by atoms with Gasteiger partial charge in [0.15, 0.2) is 6.10 Å². The van der Waals surface area contributed by atoms with Gasteiger partial charge in [0.2, 0.25) is 5.91 Å². The largest absolute Gasteiger partial charge is 0.481 e. The first kappa shape index (κ1) is 23.8. The van der Waals surface area contributed by atoms with Crippen LogP contribution in [0.15, 0.2) is 47.6 Å². The van der Waals surface area contributed by atoms with Crippen molar-refractivity contribution in [2.45, 2.75) is 59.0 Å². The third kappa shape index (κ3) is 6.57. The van der Waals surface area contributed by atoms with Crippen LogP contribution >= 0.6 is 11.6 Å². The summed E-state index contributed by atoms with van der Waals surface area (Å²) in [6, 6.07) is 12.7. The van der Waals surface area contributed by atoms with Crippen molar-refractivity contribution in [3.63, 3.8) is 0 Å². The highest BCUT2D eigenvalue weighted by Gasteiger charge is 2.21. The molecule has 32 heavy (non-hydrogen) atoms. The normalized spacial score (nSPS) is 15.7. The molecule has 6 nitrogen and oxygen atoms in total. The van der Waals surface area contributed by atoms with Crippen LogP contribution in [0.2, 0.25) is 5.02 Å². The lowest BCUT2D eigenvalue weighted by molar-refractivity contribution is -0.127. The summed E-state index contributed by atoms with van der Waals surface area (Å²) in [7, 11) is 0. The van der Waals surface area contributed by atoms with Crippen molar-refractivity contribution in [2.75, 3.05) is 5.32 Å². The van der Waals surface area contributed by atoms with Crippen LogP contribution in [-0.2, 0) is 9.59 Å². The van der Waals surface area contributed by atoms with Crippen molar-refractivity contribution in [1.29, 1.82) is 0 Å². The van der Waals surface area contributed by atoms with Gasteiger partial charge < -0.3 is 10.1 Å². The van der Waals surface area contributed by atoms with Gasteiger partial charge >= 0.3 is 0 Å². The molecular formula is C25H30ClN3O3. The molecule has 170 valence electrons. The molecule has 0 aromatic heterocycles. The van der Waals surface area contributed by atoms with Crippen molar-refractivity contribution in [3.05, 3.63) is 58.6 Å². The Hall–Kier alpha value is -2.86. The standard InChI is InChI=1S/C25H30ClN3O3/c1-16-14-21(26)12-13-23(16)32-18(3)24(30)29-28-17(2)20-10-7-11-22(15-20)27-25(31)19-8-5-4-6-9-19/h7,10-15,18-19H,4-6,8-9H2,1-3H3,(H,27,31)(H,29,30)/t18-/m1/s1. The molecule has 1 fully saturated rings. The molecule has 0 spiro atoms. The fraction of sp³-hybridized carbons (Fsp3) is 0.400. The lowest BCUT2D eigenvalue weighted by atomic mass is 9.88. The van der Waals surface area contributed by atoms with E-state index in [1.807, 2.05) is 31.2 Å². The Morgan fingerprint density at radius 1 is 1.12 bits per heavy atom. The van der Waals surface area contributed by atoms with Crippen LogP contribution in [0.25, 0.3) is 0 Å². The Kier molecular flexibility index (Phi) is 8.28. The molecule has 2 aromatic carbocycles. The minimum atomic E-state index is -0.729. The minimum Gasteiger partial charge on any atom is -0.481 e. The van der Waals surface area contributed by atoms with Crippen LogP contribution in [0.4, 0.5) is 5.69 Å². The van der Waals surface area contributed by atoms with Crippen LogP contribution in [0, 0.1) is 12.8 Å². The molecule has 3 rings (SSSR count). The van der Waals surface area contributed by atoms with E-state index in [-0.39, 0.29) is 17.7 Å². The Morgan fingerprint density at radius 3 is 2.59 bits per heavy atom. The predicted octanol–water partition coefficient (Wildman–Crippen LogP) is 5.47. The van der Waals surface area contributed by atoms with Gasteiger partial charge in [-0.05, 0) is 75.1 Å². The van der Waals surface area contributed by atoms with Gasteiger partial charge in [0.1, 0.15) is 5.75 Å². The number of ether oxygens (including phenoxy) is 1. The highest BCUT2D eigenvalue weighted by atomic mass is 35.5. The summed E-state index contributed by atoms with van der Waals surface area (Å²) in [6.07, 6.45) is 4.62. The molecule has 0 radical (unpaired) electrons. The van der Waals surface area contributed by atoms with E-state index >= 15 is 0 Å². The summed E-state index contributed by atoms with van der Waals surface area (Å²) in [5.74, 6) is 0.403. The molecule has 2 N–H and O–H groups in total. The summed E-state index contributed by atoms with van der Waals surface area (Å²) in [6.45, 7) is 5.33. The van der Waals surface area contributed by atoms with E-state index in [2.05, 4.69) is 15.8 Å². The third-order valence-corrected chi connectivity index (χ3v) is 5.90. The summed E-state index contributed by atoms with van der Waals surface area (Å²) < 4.78 is 5.73. The van der Waals surface area contributed by atoms with Gasteiger partial charge in [-0.25, -0.2) is 5.43 Å². The number of nitrogens with one attached hydrogen (secondary N) is 2. The van der Waals surface area contributed by atoms with Crippen LogP contribution in [0.5, 0.6) is 5.75 Å². The van der Waals surface area contributed by atoms with Gasteiger partial charge in [-0.3, -0.25) is 9.59 Å². The van der Waals surface area contributed by atoms with E-state index in [0.717, 1.165) is 42.5 Å². The van der Waals surface area contributed by atoms with Crippen molar-refractivity contribution >= 4 is 34.8 Å². The van der Waals surface area contributed by atoms with Gasteiger partial charge in [-0.2, -0.15) is 5.10 Å². The number of nitrogens with zero attached hydrogens (tertiary/aromatic N) is 1. The molecule has 1 saturated carbocycles. The number of carbonyl (C=O) groups excluding carboxylic acids is 2. The Balaban J connectivity index is 1.58. The maximum absolute atomic E-state index is 12.5. The van der Waals surface area contributed by atoms with Crippen LogP contribution < -0.4 is 15.5 Å². The molecule has 0 aliphatic heterocycles. The highest BCUT2D eigenvalue weighted by molar-refractivity contribution is 6.30. The van der Waals surface area contributed by atoms with Crippen molar-refractivity contribution in [2.24, 2.45) is 11.0 Å². The Labute approximate surface area is 194 Å². The lowest BCUT2D eigenvalue weighted by Gasteiger charge is -2.20. The van der Waals surface area contributed by atoms with Crippen molar-refractivity contribution < 1.29 is 14.3 Å². The van der Waals surface area contributed by atoms with Gasteiger partial charge in [0.25, 0.3) is 5.91 Å². The van der Waals surface area contributed by atoms with E-state index in [0.29, 0.717) is 16.5 Å². The van der Waals surface area contributed by atoms with Crippen LogP contribution in [0.1, 0.15) is 57.1 Å². The van der Waals surface area contributed by atoms with E-state index in [4.69, 9.17) is 16.3 Å². The fourth-order valence-corrected chi connectivity index (χ4v) is 3.94. The molecule has 0 saturated heterocycles. The zero-order valence-corrected chi connectivity index (χ0v) is 19.5. The molecule has 1 atom stereocenters. The predicted molar refractivity (Wildman–Crippen MR) is 128 cm³/mol. The first-order chi connectivity index (χ1) is 15.3. The van der Waals surface area contributed by atoms with E-state index < -0.39 is 6.10 Å². The highest BCUT2D eigenvalue weighted by Crippen LogP contribution is 2.25. The Bertz CT molecular complexity index is 1000. The molecule has 1 aliphatic rings. The van der Waals surface area contributed by atoms with Gasteiger partial charge in [0.05, 0.1) is 5.71 Å². The summed E-state index contributed by atoms with van der Waals surface area (Å²) in [4.78, 5) is 24.9. The molecule has 0 unspecified atom stereocenters. The monoisotopic (exact) mass is 455 g/mol. The number of hydrogen-bond acceptors (Lipinski definition) is 4. The molecule has 0 bridgehead atoms. The summed E-state index contributed by atoms with van der Waals surface area (Å²) >= 11 is 5.96. The van der Waals surface area contributed by atoms with Gasteiger partial charge in [0, 0.05) is 16.6 Å². The molecule has 0 heterocycles. The second kappa shape index (κ2) is 11.1. The van der Waals surface area contributed by atoms with E-state index in [1.165, 1.54) is 6.42 Å². The zero-order chi connectivity index (χ0) is 23.1. The summed E-state index contributed by atoms with van der Waals surface area (Å²) in [5, 5.41) is 7.84. The zero-order valence-electron chi connectivity index (χ0n) is 18.8. The number of amides is 2. The van der Waals surface area contributed by atoms with Crippen LogP contribution in [0.3, 0.4) is 0 Å². The quantitative estimate of drug-likeness (QED) is 0.428. The van der Waals surface area contributed by atoms with Crippen molar-refractivity contribution in [1.82, 2.24) is 5.43 Å². The second-order valence-corrected chi connectivity index (χ2v) is 8.68. The number of anilines is 1. The van der Waals surface area contributed by atoms with E-state index in [9.17, 15) is 9.59 Å². The fourth-order valence-electron chi connectivity index (χ4n) is 3.71. The smallest absolute Gasteiger partial charge is 0.280 e. The van der Waals surface area contributed by atoms with E-state index in [1.54, 1.807) is 32.0 Å². The number of rotatable bonds is 7. The first-order valence-electron chi connectivity index (χ1n) is 11.0. The van der Waals surface area contributed by atoms with Crippen molar-refractivity contribution in [3.8, 4) is 5.75 Å². The number of hydrazone groups is 1. The average Bonchev–Trinajstić information content (AvgIpc) is 2.79. The van der Waals surface area contributed by atoms with Crippen LogP contribution in [-0.4, -0.2) is 23.6 Å². The van der Waals surface area contributed by atoms with Gasteiger partial charge in [-0.1, -0.05) is 43.0 Å². The maximum atomic E-state index is 12.5. The van der Waals surface area contributed by atoms with Gasteiger partial charge in [-0.15, -0.1) is 0 Å². The minimum absolute atomic E-state index is 0.0770. The maximum Gasteiger partial charge on any atom is 0.280 e. The Morgan fingerprint density at radius 2 is 1.88 bits per heavy atom. The molecule has 2 amide bonds. The lowest BCUT2D eigenvalue weighted by Crippen LogP contribution is -2.34. The number of aryl methyl sites for hydroxylation is 1. The third-order valence-electron chi connectivity index (χ3n) is 5.67. The average molecular weight is 456 g/mol. The number of halogens is 1. The summed E-state index contributed by atoms with van der Waals surface area (Å²) in [5.41, 5.74) is 5.58. The molecule has 7 heteroatoms. The molecular weight excluding hydrogens is 426 g/mol. The SMILES string of the molecule is CC(=NNC(=O)[C@@H](C)Oc1ccc(Cl)cc1C)c1cccc(NC(=O)C2CCCCC2)c1. The number of hydrogen-bond donors (Lipinski definition) is 2.